The summed E-state index contributed by atoms with van der Waals surface area (Å²) in [5.74, 6) is 0.532. The first-order chi connectivity index (χ1) is 15.9. The number of ether oxygens (including phenoxy) is 1. The van der Waals surface area contributed by atoms with Gasteiger partial charge < -0.3 is 14.5 Å². The van der Waals surface area contributed by atoms with E-state index in [0.29, 0.717) is 34.1 Å². The third-order valence-corrected chi connectivity index (χ3v) is 6.36. The Labute approximate surface area is 190 Å². The van der Waals surface area contributed by atoms with Gasteiger partial charge in [0.15, 0.2) is 0 Å². The Balaban J connectivity index is 1.52. The lowest BCUT2D eigenvalue weighted by Gasteiger charge is -2.13. The van der Waals surface area contributed by atoms with E-state index in [1.807, 2.05) is 0 Å². The number of nitrogens with one attached hydrogen (secondary N) is 2. The van der Waals surface area contributed by atoms with E-state index in [0.717, 1.165) is 0 Å². The molecule has 0 aliphatic carbocycles. The number of aromatic nitrogens is 2. The van der Waals surface area contributed by atoms with E-state index in [-0.39, 0.29) is 10.5 Å². The average molecular weight is 465 g/mol. The van der Waals surface area contributed by atoms with Gasteiger partial charge in [-0.2, -0.15) is 0 Å². The number of sulfonamides is 1. The van der Waals surface area contributed by atoms with E-state index in [4.69, 9.17) is 9.15 Å². The molecule has 33 heavy (non-hydrogen) atoms. The number of benzene rings is 3. The van der Waals surface area contributed by atoms with Crippen LogP contribution in [0.15, 0.2) is 82.4 Å². The molecule has 0 aliphatic heterocycles. The van der Waals surface area contributed by atoms with E-state index in [9.17, 15) is 13.2 Å². The predicted octanol–water partition coefficient (Wildman–Crippen LogP) is 4.11. The van der Waals surface area contributed by atoms with Gasteiger partial charge in [0.2, 0.25) is 12.3 Å². The standard InChI is InChI=1S/C23H20N4O5S/c1-15-3-4-17(13-21(15)33(29,30)27-19-9-11-20(31-2)12-10-19)22(28)25-18-7-5-16(6-8-18)23-26-24-14-32-23/h3-14,27H,1-2H3,(H,25,28). The highest BCUT2D eigenvalue weighted by Gasteiger charge is 2.20. The lowest BCUT2D eigenvalue weighted by atomic mass is 10.1. The SMILES string of the molecule is COc1ccc(NS(=O)(=O)c2cc(C(=O)Nc3ccc(-c4nnco4)cc3)ccc2C)cc1. The van der Waals surface area contributed by atoms with Crippen LogP contribution in [0.25, 0.3) is 11.5 Å². The number of hydrogen-bond donors (Lipinski definition) is 2. The van der Waals surface area contributed by atoms with Gasteiger partial charge in [0.25, 0.3) is 15.9 Å². The minimum atomic E-state index is -3.92. The first-order valence-electron chi connectivity index (χ1n) is 9.81. The molecule has 0 unspecified atom stereocenters. The van der Waals surface area contributed by atoms with Gasteiger partial charge in [-0.25, -0.2) is 8.42 Å². The summed E-state index contributed by atoms with van der Waals surface area (Å²) >= 11 is 0. The van der Waals surface area contributed by atoms with Crippen LogP contribution in [0.2, 0.25) is 0 Å². The van der Waals surface area contributed by atoms with Gasteiger partial charge >= 0.3 is 0 Å². The largest absolute Gasteiger partial charge is 0.497 e. The molecule has 3 aromatic carbocycles. The van der Waals surface area contributed by atoms with Crippen molar-refractivity contribution in [2.24, 2.45) is 0 Å². The normalized spacial score (nSPS) is 11.1. The molecule has 0 aliphatic rings. The monoisotopic (exact) mass is 464 g/mol. The molecule has 2 N–H and O–H groups in total. The summed E-state index contributed by atoms with van der Waals surface area (Å²) in [6.07, 6.45) is 1.23. The minimum absolute atomic E-state index is 0.0118. The van der Waals surface area contributed by atoms with Gasteiger partial charge in [0, 0.05) is 22.5 Å². The van der Waals surface area contributed by atoms with Gasteiger partial charge in [-0.1, -0.05) is 6.07 Å². The van der Waals surface area contributed by atoms with Crippen molar-refractivity contribution in [1.29, 1.82) is 0 Å². The molecule has 0 bridgehead atoms. The van der Waals surface area contributed by atoms with Crippen molar-refractivity contribution in [3.8, 4) is 17.2 Å². The Morgan fingerprint density at radius 1 is 0.970 bits per heavy atom. The zero-order valence-corrected chi connectivity index (χ0v) is 18.6. The molecule has 4 rings (SSSR count). The Bertz CT molecular complexity index is 1370. The second kappa shape index (κ2) is 9.13. The summed E-state index contributed by atoms with van der Waals surface area (Å²) in [4.78, 5) is 12.8. The summed E-state index contributed by atoms with van der Waals surface area (Å²) in [7, 11) is -2.39. The summed E-state index contributed by atoms with van der Waals surface area (Å²) in [6.45, 7) is 1.67. The fourth-order valence-electron chi connectivity index (χ4n) is 3.10. The van der Waals surface area contributed by atoms with Crippen molar-refractivity contribution in [2.75, 3.05) is 17.1 Å². The van der Waals surface area contributed by atoms with Crippen LogP contribution in [0.1, 0.15) is 15.9 Å². The number of aryl methyl sites for hydroxylation is 1. The van der Waals surface area contributed by atoms with Gasteiger partial charge in [-0.15, -0.1) is 10.2 Å². The van der Waals surface area contributed by atoms with Crippen LogP contribution in [-0.2, 0) is 10.0 Å². The number of anilines is 2. The van der Waals surface area contributed by atoms with Gasteiger partial charge in [0.05, 0.1) is 12.0 Å². The van der Waals surface area contributed by atoms with Gasteiger partial charge in [0.1, 0.15) is 5.75 Å². The van der Waals surface area contributed by atoms with E-state index in [2.05, 4.69) is 20.2 Å². The maximum absolute atomic E-state index is 13.0. The van der Waals surface area contributed by atoms with Crippen LogP contribution in [0.5, 0.6) is 5.75 Å². The van der Waals surface area contributed by atoms with Crippen LogP contribution in [0.3, 0.4) is 0 Å². The molecule has 0 fully saturated rings. The smallest absolute Gasteiger partial charge is 0.262 e. The zero-order chi connectivity index (χ0) is 23.4. The number of hydrogen-bond acceptors (Lipinski definition) is 7. The lowest BCUT2D eigenvalue weighted by molar-refractivity contribution is 0.102. The summed E-state index contributed by atoms with van der Waals surface area (Å²) in [6, 6.07) is 17.9. The first-order valence-corrected chi connectivity index (χ1v) is 11.3. The fraction of sp³-hybridized carbons (Fsp3) is 0.0870. The molecule has 0 atom stereocenters. The van der Waals surface area contributed by atoms with Crippen LogP contribution in [-0.4, -0.2) is 31.6 Å². The van der Waals surface area contributed by atoms with Crippen molar-refractivity contribution in [1.82, 2.24) is 10.2 Å². The summed E-state index contributed by atoms with van der Waals surface area (Å²) < 4.78 is 38.7. The van der Waals surface area contributed by atoms with Crippen molar-refractivity contribution >= 4 is 27.3 Å². The molecule has 0 radical (unpaired) electrons. The molecule has 10 heteroatoms. The average Bonchev–Trinajstić information content (AvgIpc) is 3.35. The number of nitrogens with zero attached hydrogens (tertiary/aromatic N) is 2. The Kier molecular flexibility index (Phi) is 6.09. The second-order valence-electron chi connectivity index (χ2n) is 7.09. The van der Waals surface area contributed by atoms with Gasteiger partial charge in [-0.05, 0) is 73.2 Å². The maximum Gasteiger partial charge on any atom is 0.262 e. The van der Waals surface area contributed by atoms with Crippen molar-refractivity contribution < 1.29 is 22.4 Å². The summed E-state index contributed by atoms with van der Waals surface area (Å²) in [5.41, 5.74) is 2.34. The van der Waals surface area contributed by atoms with Crippen LogP contribution in [0, 0.1) is 6.92 Å². The number of methoxy groups -OCH3 is 1. The molecule has 0 saturated carbocycles. The van der Waals surface area contributed by atoms with Crippen molar-refractivity contribution in [3.05, 3.63) is 84.3 Å². The number of rotatable bonds is 7. The molecule has 168 valence electrons. The Morgan fingerprint density at radius 3 is 2.30 bits per heavy atom. The molecular weight excluding hydrogens is 444 g/mol. The molecular formula is C23H20N4O5S. The molecule has 1 aromatic heterocycles. The third kappa shape index (κ3) is 5.01. The van der Waals surface area contributed by atoms with Crippen LogP contribution in [0.4, 0.5) is 11.4 Å². The first kappa shape index (κ1) is 22.0. The predicted molar refractivity (Wildman–Crippen MR) is 123 cm³/mol. The minimum Gasteiger partial charge on any atom is -0.497 e. The third-order valence-electron chi connectivity index (χ3n) is 4.83. The quantitative estimate of drug-likeness (QED) is 0.422. The van der Waals surface area contributed by atoms with E-state index < -0.39 is 15.9 Å². The highest BCUT2D eigenvalue weighted by Crippen LogP contribution is 2.24. The molecule has 1 heterocycles. The summed E-state index contributed by atoms with van der Waals surface area (Å²) in [5, 5.41) is 10.2. The Morgan fingerprint density at radius 2 is 1.67 bits per heavy atom. The molecule has 4 aromatic rings. The molecule has 1 amide bonds. The maximum atomic E-state index is 13.0. The highest BCUT2D eigenvalue weighted by atomic mass is 32.2. The fourth-order valence-corrected chi connectivity index (χ4v) is 4.43. The van der Waals surface area contributed by atoms with Crippen LogP contribution < -0.4 is 14.8 Å². The second-order valence-corrected chi connectivity index (χ2v) is 8.74. The highest BCUT2D eigenvalue weighted by molar-refractivity contribution is 7.92. The lowest BCUT2D eigenvalue weighted by Crippen LogP contribution is -2.17. The van der Waals surface area contributed by atoms with E-state index in [1.54, 1.807) is 67.6 Å². The number of carbonyl (C=O) groups is 1. The van der Waals surface area contributed by atoms with Crippen molar-refractivity contribution in [3.63, 3.8) is 0 Å². The number of amides is 1. The van der Waals surface area contributed by atoms with E-state index in [1.165, 1.54) is 19.6 Å². The van der Waals surface area contributed by atoms with Crippen LogP contribution >= 0.6 is 0 Å². The zero-order valence-electron chi connectivity index (χ0n) is 17.8. The molecule has 0 spiro atoms. The molecule has 9 nitrogen and oxygen atoms in total. The number of carbonyl (C=O) groups excluding carboxylic acids is 1. The topological polar surface area (TPSA) is 123 Å². The van der Waals surface area contributed by atoms with E-state index >= 15 is 0 Å². The van der Waals surface area contributed by atoms with Crippen molar-refractivity contribution in [2.45, 2.75) is 11.8 Å². The van der Waals surface area contributed by atoms with Gasteiger partial charge in [-0.3, -0.25) is 9.52 Å². The molecule has 0 saturated heterocycles. The Hall–Kier alpha value is -4.18.